The van der Waals surface area contributed by atoms with Crippen molar-refractivity contribution in [2.24, 2.45) is 0 Å². The van der Waals surface area contributed by atoms with E-state index in [1.807, 2.05) is 41.3 Å². The maximum Gasteiger partial charge on any atom is 0.414 e. The number of benzene rings is 2. The molecule has 8 nitrogen and oxygen atoms in total. The van der Waals surface area contributed by atoms with Gasteiger partial charge in [0.25, 0.3) is 0 Å². The van der Waals surface area contributed by atoms with Crippen LogP contribution in [0.3, 0.4) is 0 Å². The highest BCUT2D eigenvalue weighted by Crippen LogP contribution is 2.11. The van der Waals surface area contributed by atoms with E-state index in [1.54, 1.807) is 0 Å². The van der Waals surface area contributed by atoms with E-state index in [9.17, 15) is 4.79 Å². The Kier molecular flexibility index (Phi) is 7.98. The number of nitrogens with one attached hydrogen (secondary N) is 1. The number of anilines is 1. The fourth-order valence-corrected chi connectivity index (χ4v) is 2.67. The van der Waals surface area contributed by atoms with Crippen LogP contribution in [0.15, 0.2) is 60.7 Å². The highest BCUT2D eigenvalue weighted by molar-refractivity contribution is 6.27. The van der Waals surface area contributed by atoms with Gasteiger partial charge in [0.2, 0.25) is 0 Å². The Morgan fingerprint density at radius 2 is 1.29 bits per heavy atom. The zero-order valence-electron chi connectivity index (χ0n) is 15.3. The molecule has 28 heavy (non-hydrogen) atoms. The Labute approximate surface area is 163 Å². The summed E-state index contributed by atoms with van der Waals surface area (Å²) in [4.78, 5) is 34.7. The second kappa shape index (κ2) is 10.7. The number of rotatable bonds is 3. The number of para-hydroxylation sites is 1. The molecule has 0 atom stereocenters. The molecule has 0 spiro atoms. The number of aliphatic carboxylic acids is 2. The SMILES string of the molecule is O=C(Nc1ccccc1)N1CCN(Cc2ccccc2)CC1.O=C(O)C(=O)O. The van der Waals surface area contributed by atoms with Crippen molar-refractivity contribution in [2.75, 3.05) is 31.5 Å². The van der Waals surface area contributed by atoms with Crippen LogP contribution < -0.4 is 5.32 Å². The average Bonchev–Trinajstić information content (AvgIpc) is 2.70. The summed E-state index contributed by atoms with van der Waals surface area (Å²) in [6.45, 7) is 4.32. The first-order chi connectivity index (χ1) is 13.5. The van der Waals surface area contributed by atoms with Gasteiger partial charge in [0.15, 0.2) is 0 Å². The quantitative estimate of drug-likeness (QED) is 0.699. The molecule has 2 amide bonds. The monoisotopic (exact) mass is 385 g/mol. The standard InChI is InChI=1S/C18H21N3O.C2H2O4/c22-18(19-17-9-5-2-6-10-17)21-13-11-20(12-14-21)15-16-7-3-1-4-8-16;3-1(4)2(5)6/h1-10H,11-15H2,(H,19,22);(H,3,4)(H,5,6). The number of carbonyl (C=O) groups is 3. The highest BCUT2D eigenvalue weighted by atomic mass is 16.4. The maximum atomic E-state index is 12.2. The summed E-state index contributed by atoms with van der Waals surface area (Å²) in [5.74, 6) is -3.65. The summed E-state index contributed by atoms with van der Waals surface area (Å²) in [6.07, 6.45) is 0. The lowest BCUT2D eigenvalue weighted by molar-refractivity contribution is -0.159. The second-order valence-corrected chi connectivity index (χ2v) is 6.16. The Morgan fingerprint density at radius 1 is 0.786 bits per heavy atom. The molecule has 0 aliphatic carbocycles. The molecule has 3 N–H and O–H groups in total. The Hall–Kier alpha value is -3.39. The van der Waals surface area contributed by atoms with Crippen molar-refractivity contribution in [3.8, 4) is 0 Å². The van der Waals surface area contributed by atoms with Gasteiger partial charge in [0.05, 0.1) is 0 Å². The van der Waals surface area contributed by atoms with Crippen LogP contribution in [-0.2, 0) is 16.1 Å². The summed E-state index contributed by atoms with van der Waals surface area (Å²) in [6, 6.07) is 20.1. The van der Waals surface area contributed by atoms with Gasteiger partial charge >= 0.3 is 18.0 Å². The van der Waals surface area contributed by atoms with Crippen molar-refractivity contribution >= 4 is 23.7 Å². The molecular weight excluding hydrogens is 362 g/mol. The fourth-order valence-electron chi connectivity index (χ4n) is 2.67. The van der Waals surface area contributed by atoms with Gasteiger partial charge in [-0.1, -0.05) is 48.5 Å². The third-order valence-electron chi connectivity index (χ3n) is 4.12. The number of amides is 2. The lowest BCUT2D eigenvalue weighted by Gasteiger charge is -2.34. The molecule has 0 aromatic heterocycles. The van der Waals surface area contributed by atoms with E-state index in [0.29, 0.717) is 0 Å². The lowest BCUT2D eigenvalue weighted by atomic mass is 10.2. The predicted octanol–water partition coefficient (Wildman–Crippen LogP) is 2.19. The number of carbonyl (C=O) groups excluding carboxylic acids is 1. The molecule has 148 valence electrons. The Bertz CT molecular complexity index is 763. The summed E-state index contributed by atoms with van der Waals surface area (Å²) >= 11 is 0. The summed E-state index contributed by atoms with van der Waals surface area (Å²) in [5.41, 5.74) is 2.17. The first kappa shape index (κ1) is 20.9. The zero-order chi connectivity index (χ0) is 20.4. The minimum absolute atomic E-state index is 0.00874. The summed E-state index contributed by atoms with van der Waals surface area (Å²) in [5, 5.41) is 17.7. The van der Waals surface area contributed by atoms with Crippen LogP contribution in [0, 0.1) is 0 Å². The van der Waals surface area contributed by atoms with E-state index in [0.717, 1.165) is 38.4 Å². The predicted molar refractivity (Wildman–Crippen MR) is 104 cm³/mol. The molecule has 1 aliphatic rings. The van der Waals surface area contributed by atoms with Crippen molar-refractivity contribution in [2.45, 2.75) is 6.54 Å². The number of urea groups is 1. The summed E-state index contributed by atoms with van der Waals surface area (Å²) < 4.78 is 0. The molecule has 0 saturated carbocycles. The van der Waals surface area contributed by atoms with Crippen LogP contribution in [0.4, 0.5) is 10.5 Å². The number of nitrogens with zero attached hydrogens (tertiary/aromatic N) is 2. The second-order valence-electron chi connectivity index (χ2n) is 6.16. The maximum absolute atomic E-state index is 12.2. The molecule has 0 bridgehead atoms. The van der Waals surface area contributed by atoms with E-state index < -0.39 is 11.9 Å². The fraction of sp³-hybridized carbons (Fsp3) is 0.250. The third-order valence-corrected chi connectivity index (χ3v) is 4.12. The van der Waals surface area contributed by atoms with Gasteiger partial charge in [-0.05, 0) is 17.7 Å². The Morgan fingerprint density at radius 3 is 1.79 bits per heavy atom. The third kappa shape index (κ3) is 7.08. The number of piperazine rings is 1. The van der Waals surface area contributed by atoms with Crippen molar-refractivity contribution in [1.82, 2.24) is 9.80 Å². The van der Waals surface area contributed by atoms with Crippen LogP contribution in [0.25, 0.3) is 0 Å². The molecule has 0 unspecified atom stereocenters. The van der Waals surface area contributed by atoms with E-state index in [-0.39, 0.29) is 6.03 Å². The van der Waals surface area contributed by atoms with Gasteiger partial charge in [-0.15, -0.1) is 0 Å². The summed E-state index contributed by atoms with van der Waals surface area (Å²) in [7, 11) is 0. The van der Waals surface area contributed by atoms with Crippen LogP contribution in [-0.4, -0.2) is 64.2 Å². The number of carboxylic acid groups (broad SMARTS) is 2. The van der Waals surface area contributed by atoms with E-state index in [4.69, 9.17) is 19.8 Å². The van der Waals surface area contributed by atoms with Crippen LogP contribution in [0.2, 0.25) is 0 Å². The molecule has 1 aliphatic heterocycles. The van der Waals surface area contributed by atoms with Crippen LogP contribution >= 0.6 is 0 Å². The molecule has 0 radical (unpaired) electrons. The van der Waals surface area contributed by atoms with Gasteiger partial charge < -0.3 is 20.4 Å². The molecule has 2 aromatic carbocycles. The number of carboxylic acids is 2. The average molecular weight is 385 g/mol. The van der Waals surface area contributed by atoms with Gasteiger partial charge in [-0.3, -0.25) is 4.90 Å². The van der Waals surface area contributed by atoms with Crippen LogP contribution in [0.5, 0.6) is 0 Å². The minimum atomic E-state index is -1.82. The molecule has 1 saturated heterocycles. The van der Waals surface area contributed by atoms with Gasteiger partial charge in [-0.2, -0.15) is 0 Å². The molecule has 2 aromatic rings. The van der Waals surface area contributed by atoms with Crippen molar-refractivity contribution in [1.29, 1.82) is 0 Å². The molecule has 1 heterocycles. The van der Waals surface area contributed by atoms with Gasteiger partial charge in [0, 0.05) is 38.4 Å². The van der Waals surface area contributed by atoms with Crippen molar-refractivity contribution in [3.05, 3.63) is 66.2 Å². The van der Waals surface area contributed by atoms with Crippen molar-refractivity contribution in [3.63, 3.8) is 0 Å². The van der Waals surface area contributed by atoms with Crippen molar-refractivity contribution < 1.29 is 24.6 Å². The topological polar surface area (TPSA) is 110 Å². The first-order valence-corrected chi connectivity index (χ1v) is 8.79. The largest absolute Gasteiger partial charge is 0.473 e. The van der Waals surface area contributed by atoms with Gasteiger partial charge in [-0.25, -0.2) is 14.4 Å². The smallest absolute Gasteiger partial charge is 0.414 e. The van der Waals surface area contributed by atoms with E-state index in [2.05, 4.69) is 34.5 Å². The highest BCUT2D eigenvalue weighted by Gasteiger charge is 2.21. The lowest BCUT2D eigenvalue weighted by Crippen LogP contribution is -2.49. The molecule has 1 fully saturated rings. The van der Waals surface area contributed by atoms with E-state index >= 15 is 0 Å². The molecule has 8 heteroatoms. The normalized spacial score (nSPS) is 13.8. The van der Waals surface area contributed by atoms with E-state index in [1.165, 1.54) is 5.56 Å². The Balaban J connectivity index is 0.000000409. The van der Waals surface area contributed by atoms with Crippen LogP contribution in [0.1, 0.15) is 5.56 Å². The first-order valence-electron chi connectivity index (χ1n) is 8.79. The molecular formula is C20H23N3O5. The number of hydrogen-bond donors (Lipinski definition) is 3. The zero-order valence-corrected chi connectivity index (χ0v) is 15.3. The minimum Gasteiger partial charge on any atom is -0.473 e. The number of hydrogen-bond acceptors (Lipinski definition) is 4. The molecule has 3 rings (SSSR count). The van der Waals surface area contributed by atoms with Gasteiger partial charge in [0.1, 0.15) is 0 Å².